The van der Waals surface area contributed by atoms with Gasteiger partial charge in [-0.25, -0.2) is 0 Å². The molecule has 0 saturated carbocycles. The van der Waals surface area contributed by atoms with Crippen molar-refractivity contribution in [3.8, 4) is 10.4 Å². The number of halogens is 2. The van der Waals surface area contributed by atoms with Crippen LogP contribution in [0.5, 0.6) is 0 Å². The molecule has 15 heavy (non-hydrogen) atoms. The van der Waals surface area contributed by atoms with E-state index in [4.69, 9.17) is 17.3 Å². The molecule has 2 aromatic rings. The van der Waals surface area contributed by atoms with Crippen LogP contribution in [-0.4, -0.2) is 0 Å². The second-order valence-corrected chi connectivity index (χ2v) is 5.55. The highest BCUT2D eigenvalue weighted by Crippen LogP contribution is 2.35. The molecule has 0 amide bonds. The van der Waals surface area contributed by atoms with E-state index >= 15 is 0 Å². The van der Waals surface area contributed by atoms with Crippen molar-refractivity contribution in [3.63, 3.8) is 0 Å². The van der Waals surface area contributed by atoms with Gasteiger partial charge < -0.3 is 5.73 Å². The number of hydrogen-bond acceptors (Lipinski definition) is 2. The number of hydrogen-bond donors (Lipinski definition) is 1. The lowest BCUT2D eigenvalue weighted by Gasteiger charge is -2.01. The van der Waals surface area contributed by atoms with Crippen LogP contribution in [0.2, 0.25) is 5.02 Å². The van der Waals surface area contributed by atoms with E-state index in [0.717, 1.165) is 15.1 Å². The van der Waals surface area contributed by atoms with Gasteiger partial charge in [-0.1, -0.05) is 27.5 Å². The Morgan fingerprint density at radius 3 is 2.73 bits per heavy atom. The third kappa shape index (κ3) is 2.42. The van der Waals surface area contributed by atoms with Gasteiger partial charge >= 0.3 is 0 Å². The zero-order chi connectivity index (χ0) is 10.8. The van der Waals surface area contributed by atoms with E-state index in [9.17, 15) is 0 Å². The van der Waals surface area contributed by atoms with Gasteiger partial charge in [0.1, 0.15) is 0 Å². The van der Waals surface area contributed by atoms with Gasteiger partial charge in [0.15, 0.2) is 0 Å². The Labute approximate surface area is 106 Å². The molecule has 0 saturated heterocycles. The maximum atomic E-state index is 5.97. The van der Waals surface area contributed by atoms with Crippen LogP contribution in [0.25, 0.3) is 10.4 Å². The molecule has 0 bridgehead atoms. The van der Waals surface area contributed by atoms with Crippen LogP contribution in [0.4, 0.5) is 0 Å². The van der Waals surface area contributed by atoms with E-state index in [1.54, 1.807) is 11.3 Å². The summed E-state index contributed by atoms with van der Waals surface area (Å²) >= 11 is 11.2. The third-order valence-corrected chi connectivity index (χ3v) is 4.12. The fraction of sp³-hybridized carbons (Fsp3) is 0.0909. The number of thiophene rings is 1. The standard InChI is InChI=1S/C11H9BrClNS/c12-10-3-1-7(13)5-9(10)11-4-2-8(6-14)15-11/h1-5H,6,14H2. The summed E-state index contributed by atoms with van der Waals surface area (Å²) in [6.07, 6.45) is 0. The van der Waals surface area contributed by atoms with Crippen LogP contribution in [0, 0.1) is 0 Å². The average molecular weight is 303 g/mol. The second-order valence-electron chi connectivity index (χ2n) is 3.09. The second kappa shape index (κ2) is 4.66. The van der Waals surface area contributed by atoms with Crippen molar-refractivity contribution in [2.45, 2.75) is 6.54 Å². The van der Waals surface area contributed by atoms with Crippen molar-refractivity contribution in [1.29, 1.82) is 0 Å². The van der Waals surface area contributed by atoms with E-state index in [1.807, 2.05) is 24.3 Å². The number of nitrogens with two attached hydrogens (primary N) is 1. The summed E-state index contributed by atoms with van der Waals surface area (Å²) in [5.41, 5.74) is 6.70. The molecule has 0 aliphatic rings. The van der Waals surface area contributed by atoms with E-state index in [0.29, 0.717) is 6.54 Å². The summed E-state index contributed by atoms with van der Waals surface area (Å²) in [5.74, 6) is 0. The highest BCUT2D eigenvalue weighted by atomic mass is 79.9. The fourth-order valence-electron chi connectivity index (χ4n) is 1.32. The van der Waals surface area contributed by atoms with Crippen LogP contribution in [0.15, 0.2) is 34.8 Å². The quantitative estimate of drug-likeness (QED) is 0.880. The highest BCUT2D eigenvalue weighted by molar-refractivity contribution is 9.10. The Morgan fingerprint density at radius 2 is 2.07 bits per heavy atom. The van der Waals surface area contributed by atoms with Gasteiger partial charge in [0.2, 0.25) is 0 Å². The molecule has 0 radical (unpaired) electrons. The van der Waals surface area contributed by atoms with Gasteiger partial charge in [0, 0.05) is 31.4 Å². The van der Waals surface area contributed by atoms with Gasteiger partial charge in [-0.2, -0.15) is 0 Å². The van der Waals surface area contributed by atoms with Gasteiger partial charge in [-0.3, -0.25) is 0 Å². The molecular formula is C11H9BrClNS. The SMILES string of the molecule is NCc1ccc(-c2cc(Cl)ccc2Br)s1. The molecule has 2 N–H and O–H groups in total. The zero-order valence-electron chi connectivity index (χ0n) is 7.84. The fourth-order valence-corrected chi connectivity index (χ4v) is 3.00. The monoisotopic (exact) mass is 301 g/mol. The van der Waals surface area contributed by atoms with Gasteiger partial charge in [0.25, 0.3) is 0 Å². The first-order valence-electron chi connectivity index (χ1n) is 4.45. The van der Waals surface area contributed by atoms with E-state index in [1.165, 1.54) is 9.75 Å². The van der Waals surface area contributed by atoms with Crippen LogP contribution in [0.3, 0.4) is 0 Å². The first-order chi connectivity index (χ1) is 7.20. The van der Waals surface area contributed by atoms with E-state index in [2.05, 4.69) is 22.0 Å². The van der Waals surface area contributed by atoms with Crippen molar-refractivity contribution in [1.82, 2.24) is 0 Å². The molecule has 4 heteroatoms. The lowest BCUT2D eigenvalue weighted by molar-refractivity contribution is 1.11. The normalized spacial score (nSPS) is 10.6. The van der Waals surface area contributed by atoms with Crippen LogP contribution in [0.1, 0.15) is 4.88 Å². The maximum absolute atomic E-state index is 5.97. The maximum Gasteiger partial charge on any atom is 0.0413 e. The predicted molar refractivity (Wildman–Crippen MR) is 70.4 cm³/mol. The Balaban J connectivity index is 2.48. The average Bonchev–Trinajstić information content (AvgIpc) is 2.70. The highest BCUT2D eigenvalue weighted by Gasteiger charge is 2.06. The molecule has 0 unspecified atom stereocenters. The Morgan fingerprint density at radius 1 is 1.27 bits per heavy atom. The molecule has 2 rings (SSSR count). The minimum Gasteiger partial charge on any atom is -0.326 e. The van der Waals surface area contributed by atoms with Crippen LogP contribution < -0.4 is 5.73 Å². The first kappa shape index (κ1) is 11.1. The molecular weight excluding hydrogens is 294 g/mol. The number of rotatable bonds is 2. The number of benzene rings is 1. The van der Waals surface area contributed by atoms with Crippen LogP contribution >= 0.6 is 38.9 Å². The molecule has 0 aliphatic heterocycles. The molecule has 1 aromatic carbocycles. The summed E-state index contributed by atoms with van der Waals surface area (Å²) < 4.78 is 1.05. The predicted octanol–water partition coefficient (Wildman–Crippen LogP) is 4.29. The summed E-state index contributed by atoms with van der Waals surface area (Å²) in [4.78, 5) is 2.36. The molecule has 0 spiro atoms. The molecule has 1 aromatic heterocycles. The molecule has 0 aliphatic carbocycles. The zero-order valence-corrected chi connectivity index (χ0v) is 11.0. The summed E-state index contributed by atoms with van der Waals surface area (Å²) in [7, 11) is 0. The van der Waals surface area contributed by atoms with E-state index < -0.39 is 0 Å². The third-order valence-electron chi connectivity index (χ3n) is 2.06. The Hall–Kier alpha value is -0.350. The van der Waals surface area contributed by atoms with Crippen molar-refractivity contribution in [3.05, 3.63) is 44.7 Å². The summed E-state index contributed by atoms with van der Waals surface area (Å²) in [6.45, 7) is 0.586. The lowest BCUT2D eigenvalue weighted by atomic mass is 10.2. The Bertz CT molecular complexity index is 481. The lowest BCUT2D eigenvalue weighted by Crippen LogP contribution is -1.91. The van der Waals surface area contributed by atoms with Gasteiger partial charge in [-0.15, -0.1) is 11.3 Å². The van der Waals surface area contributed by atoms with Crippen molar-refractivity contribution in [2.24, 2.45) is 5.73 Å². The van der Waals surface area contributed by atoms with Crippen LogP contribution in [-0.2, 0) is 6.54 Å². The largest absolute Gasteiger partial charge is 0.326 e. The van der Waals surface area contributed by atoms with Crippen molar-refractivity contribution in [2.75, 3.05) is 0 Å². The van der Waals surface area contributed by atoms with Gasteiger partial charge in [-0.05, 0) is 30.3 Å². The first-order valence-corrected chi connectivity index (χ1v) is 6.43. The van der Waals surface area contributed by atoms with Crippen molar-refractivity contribution < 1.29 is 0 Å². The molecule has 0 fully saturated rings. The topological polar surface area (TPSA) is 26.0 Å². The minimum atomic E-state index is 0.586. The smallest absolute Gasteiger partial charge is 0.0413 e. The Kier molecular flexibility index (Phi) is 3.46. The molecule has 1 heterocycles. The molecule has 1 nitrogen and oxygen atoms in total. The molecule has 78 valence electrons. The summed E-state index contributed by atoms with van der Waals surface area (Å²) in [5, 5.41) is 0.746. The van der Waals surface area contributed by atoms with Gasteiger partial charge in [0.05, 0.1) is 0 Å². The molecule has 0 atom stereocenters. The van der Waals surface area contributed by atoms with E-state index in [-0.39, 0.29) is 0 Å². The summed E-state index contributed by atoms with van der Waals surface area (Å²) in [6, 6.07) is 9.90. The van der Waals surface area contributed by atoms with Crippen molar-refractivity contribution >= 4 is 38.9 Å². The minimum absolute atomic E-state index is 0.586.